The highest BCUT2D eigenvalue weighted by atomic mass is 79.9. The molecule has 0 bridgehead atoms. The molecule has 0 unspecified atom stereocenters. The first kappa shape index (κ1) is 16.8. The van der Waals surface area contributed by atoms with Crippen molar-refractivity contribution in [1.29, 1.82) is 0 Å². The van der Waals surface area contributed by atoms with Gasteiger partial charge in [-0.3, -0.25) is 5.10 Å². The fourth-order valence-corrected chi connectivity index (χ4v) is 3.54. The van der Waals surface area contributed by atoms with Crippen molar-refractivity contribution in [3.63, 3.8) is 0 Å². The molecule has 0 aliphatic carbocycles. The number of halogens is 2. The van der Waals surface area contributed by atoms with Gasteiger partial charge in [0, 0.05) is 21.1 Å². The number of hydrogen-bond donors (Lipinski definition) is 2. The number of aromatic nitrogens is 4. The van der Waals surface area contributed by atoms with E-state index in [0.29, 0.717) is 22.5 Å². The van der Waals surface area contributed by atoms with Gasteiger partial charge in [0.1, 0.15) is 11.6 Å². The lowest BCUT2D eigenvalue weighted by Gasteiger charge is -2.12. The Balaban J connectivity index is 1.69. The lowest BCUT2D eigenvalue weighted by molar-refractivity contribution is 0.639. The summed E-state index contributed by atoms with van der Waals surface area (Å²) < 4.78 is 15.5. The van der Waals surface area contributed by atoms with Gasteiger partial charge in [0.25, 0.3) is 0 Å². The Kier molecular flexibility index (Phi) is 4.02. The summed E-state index contributed by atoms with van der Waals surface area (Å²) in [6.45, 7) is 0. The molecule has 2 aromatic heterocycles. The van der Waals surface area contributed by atoms with Crippen molar-refractivity contribution in [3.8, 4) is 11.4 Å². The van der Waals surface area contributed by atoms with Crippen LogP contribution in [0.3, 0.4) is 0 Å². The molecule has 0 radical (unpaired) electrons. The van der Waals surface area contributed by atoms with Crippen LogP contribution in [-0.2, 0) is 0 Å². The number of fused-ring (bicyclic) bond motifs is 2. The Morgan fingerprint density at radius 1 is 0.964 bits per heavy atom. The summed E-state index contributed by atoms with van der Waals surface area (Å²) in [5, 5.41) is 11.5. The first-order valence-electron chi connectivity index (χ1n) is 8.60. The largest absolute Gasteiger partial charge is 0.339 e. The Hall–Kier alpha value is -3.32. The van der Waals surface area contributed by atoms with Gasteiger partial charge in [0.05, 0.1) is 22.6 Å². The van der Waals surface area contributed by atoms with Crippen LogP contribution >= 0.6 is 15.9 Å². The molecule has 5 nitrogen and oxygen atoms in total. The van der Waals surface area contributed by atoms with E-state index in [2.05, 4.69) is 41.4 Å². The van der Waals surface area contributed by atoms with E-state index in [9.17, 15) is 4.39 Å². The number of nitrogens with one attached hydrogen (secondary N) is 2. The van der Waals surface area contributed by atoms with E-state index >= 15 is 0 Å². The van der Waals surface area contributed by atoms with Crippen molar-refractivity contribution in [3.05, 3.63) is 77.2 Å². The standard InChI is InChI=1S/C21H13BrFN5/c22-14-4-1-3-12(9-14)20-26-18-6-2-5-16(23)19(18)21(27-20)25-15-7-8-17-13(10-15)11-24-28-17/h1-11H,(H,24,28)(H,25,26,27). The van der Waals surface area contributed by atoms with Crippen molar-refractivity contribution in [1.82, 2.24) is 20.2 Å². The SMILES string of the molecule is Fc1cccc2nc(-c3cccc(Br)c3)nc(Nc3ccc4[nH]ncc4c3)c12. The highest BCUT2D eigenvalue weighted by Gasteiger charge is 2.14. The second kappa shape index (κ2) is 6.69. The molecule has 0 atom stereocenters. The second-order valence-corrected chi connectivity index (χ2v) is 7.25. The molecule has 3 aromatic carbocycles. The van der Waals surface area contributed by atoms with Crippen molar-refractivity contribution < 1.29 is 4.39 Å². The molecule has 2 N–H and O–H groups in total. The topological polar surface area (TPSA) is 66.5 Å². The van der Waals surface area contributed by atoms with E-state index in [1.165, 1.54) is 6.07 Å². The number of aromatic amines is 1. The molecule has 0 spiro atoms. The van der Waals surface area contributed by atoms with Gasteiger partial charge in [0.2, 0.25) is 0 Å². The highest BCUT2D eigenvalue weighted by Crippen LogP contribution is 2.30. The lowest BCUT2D eigenvalue weighted by atomic mass is 10.1. The quantitative estimate of drug-likeness (QED) is 0.376. The minimum absolute atomic E-state index is 0.355. The summed E-state index contributed by atoms with van der Waals surface area (Å²) in [7, 11) is 0. The molecule has 0 amide bonds. The van der Waals surface area contributed by atoms with Crippen LogP contribution < -0.4 is 5.32 Å². The maximum absolute atomic E-state index is 14.6. The van der Waals surface area contributed by atoms with Gasteiger partial charge in [-0.15, -0.1) is 0 Å². The van der Waals surface area contributed by atoms with E-state index in [1.54, 1.807) is 18.3 Å². The highest BCUT2D eigenvalue weighted by molar-refractivity contribution is 9.10. The smallest absolute Gasteiger partial charge is 0.162 e. The maximum atomic E-state index is 14.6. The summed E-state index contributed by atoms with van der Waals surface area (Å²) >= 11 is 3.47. The minimum Gasteiger partial charge on any atom is -0.339 e. The molecule has 2 heterocycles. The molecule has 0 aliphatic heterocycles. The van der Waals surface area contributed by atoms with Crippen LogP contribution in [0.2, 0.25) is 0 Å². The van der Waals surface area contributed by atoms with Crippen molar-refractivity contribution in [2.24, 2.45) is 0 Å². The Morgan fingerprint density at radius 2 is 1.86 bits per heavy atom. The van der Waals surface area contributed by atoms with E-state index < -0.39 is 0 Å². The Bertz CT molecular complexity index is 1330. The van der Waals surface area contributed by atoms with E-state index in [0.717, 1.165) is 26.6 Å². The van der Waals surface area contributed by atoms with Gasteiger partial charge in [-0.1, -0.05) is 34.1 Å². The van der Waals surface area contributed by atoms with Gasteiger partial charge < -0.3 is 5.32 Å². The van der Waals surface area contributed by atoms with Crippen LogP contribution in [0.5, 0.6) is 0 Å². The molecule has 28 heavy (non-hydrogen) atoms. The van der Waals surface area contributed by atoms with Crippen LogP contribution in [0, 0.1) is 5.82 Å². The zero-order chi connectivity index (χ0) is 19.1. The molecule has 136 valence electrons. The Labute approximate surface area is 167 Å². The average Bonchev–Trinajstić information content (AvgIpc) is 3.16. The van der Waals surface area contributed by atoms with Crippen LogP contribution in [0.15, 0.2) is 71.3 Å². The summed E-state index contributed by atoms with van der Waals surface area (Å²) in [6.07, 6.45) is 1.74. The third-order valence-electron chi connectivity index (χ3n) is 4.46. The van der Waals surface area contributed by atoms with E-state index in [-0.39, 0.29) is 5.82 Å². The van der Waals surface area contributed by atoms with Crippen molar-refractivity contribution in [2.75, 3.05) is 5.32 Å². The molecular weight excluding hydrogens is 421 g/mol. The van der Waals surface area contributed by atoms with Gasteiger partial charge in [-0.2, -0.15) is 5.10 Å². The van der Waals surface area contributed by atoms with Gasteiger partial charge in [0.15, 0.2) is 5.82 Å². The normalized spacial score (nSPS) is 11.2. The number of anilines is 2. The summed E-state index contributed by atoms with van der Waals surface area (Å²) in [6, 6.07) is 18.3. The summed E-state index contributed by atoms with van der Waals surface area (Å²) in [4.78, 5) is 9.19. The van der Waals surface area contributed by atoms with E-state index in [4.69, 9.17) is 0 Å². The van der Waals surface area contributed by atoms with Crippen LogP contribution in [0.25, 0.3) is 33.2 Å². The molecule has 0 saturated heterocycles. The first-order valence-corrected chi connectivity index (χ1v) is 9.39. The summed E-state index contributed by atoms with van der Waals surface area (Å²) in [5.41, 5.74) is 3.10. The van der Waals surface area contributed by atoms with Crippen molar-refractivity contribution in [2.45, 2.75) is 0 Å². The van der Waals surface area contributed by atoms with Crippen LogP contribution in [0.4, 0.5) is 15.9 Å². The first-order chi connectivity index (χ1) is 13.7. The number of rotatable bonds is 3. The molecule has 7 heteroatoms. The van der Waals surface area contributed by atoms with Crippen molar-refractivity contribution >= 4 is 49.2 Å². The number of hydrogen-bond acceptors (Lipinski definition) is 4. The fourth-order valence-electron chi connectivity index (χ4n) is 3.15. The molecule has 5 rings (SSSR count). The number of H-pyrrole nitrogens is 1. The monoisotopic (exact) mass is 433 g/mol. The molecular formula is C21H13BrFN5. The summed E-state index contributed by atoms with van der Waals surface area (Å²) in [5.74, 6) is 0.567. The number of benzene rings is 3. The van der Waals surface area contributed by atoms with Crippen LogP contribution in [-0.4, -0.2) is 20.2 Å². The van der Waals surface area contributed by atoms with Crippen LogP contribution in [0.1, 0.15) is 0 Å². The predicted molar refractivity (Wildman–Crippen MR) is 112 cm³/mol. The average molecular weight is 434 g/mol. The Morgan fingerprint density at radius 3 is 2.75 bits per heavy atom. The predicted octanol–water partition coefficient (Wildman–Crippen LogP) is 5.82. The third-order valence-corrected chi connectivity index (χ3v) is 4.95. The fraction of sp³-hybridized carbons (Fsp3) is 0. The second-order valence-electron chi connectivity index (χ2n) is 6.34. The van der Waals surface area contributed by atoms with Gasteiger partial charge >= 0.3 is 0 Å². The lowest BCUT2D eigenvalue weighted by Crippen LogP contribution is -2.01. The van der Waals surface area contributed by atoms with Gasteiger partial charge in [-0.05, 0) is 42.5 Å². The zero-order valence-corrected chi connectivity index (χ0v) is 16.0. The zero-order valence-electron chi connectivity index (χ0n) is 14.4. The number of nitrogens with zero attached hydrogens (tertiary/aromatic N) is 3. The van der Waals surface area contributed by atoms with E-state index in [1.807, 2.05) is 42.5 Å². The third kappa shape index (κ3) is 2.99. The minimum atomic E-state index is -0.370. The molecule has 0 aliphatic rings. The van der Waals surface area contributed by atoms with Gasteiger partial charge in [-0.25, -0.2) is 14.4 Å². The molecule has 0 saturated carbocycles. The molecule has 5 aromatic rings. The molecule has 0 fully saturated rings. The maximum Gasteiger partial charge on any atom is 0.162 e.